The first-order valence-electron chi connectivity index (χ1n) is 6.73. The Bertz CT molecular complexity index is 226. The minimum atomic E-state index is -0.118. The minimum Gasteiger partial charge on any atom is -0.392 e. The van der Waals surface area contributed by atoms with Gasteiger partial charge in [-0.05, 0) is 46.2 Å². The summed E-state index contributed by atoms with van der Waals surface area (Å²) >= 11 is 0. The van der Waals surface area contributed by atoms with E-state index in [1.165, 1.54) is 32.1 Å². The fourth-order valence-corrected chi connectivity index (χ4v) is 3.04. The molecule has 0 amide bonds. The van der Waals surface area contributed by atoms with Crippen LogP contribution in [0.25, 0.3) is 0 Å². The van der Waals surface area contributed by atoms with E-state index in [1.54, 1.807) is 0 Å². The summed E-state index contributed by atoms with van der Waals surface area (Å²) < 4.78 is 0. The predicted octanol–water partition coefficient (Wildman–Crippen LogP) is 1.36. The van der Waals surface area contributed by atoms with Gasteiger partial charge in [-0.2, -0.15) is 0 Å². The van der Waals surface area contributed by atoms with Crippen LogP contribution in [0.5, 0.6) is 0 Å². The van der Waals surface area contributed by atoms with E-state index in [1.807, 2.05) is 0 Å². The van der Waals surface area contributed by atoms with Crippen LogP contribution in [0.15, 0.2) is 0 Å². The van der Waals surface area contributed by atoms with Crippen LogP contribution in [0, 0.1) is 0 Å². The zero-order chi connectivity index (χ0) is 11.6. The fraction of sp³-hybridized carbons (Fsp3) is 1.00. The molecule has 0 aromatic heterocycles. The lowest BCUT2D eigenvalue weighted by Gasteiger charge is -2.48. The summed E-state index contributed by atoms with van der Waals surface area (Å²) in [7, 11) is 4.36. The van der Waals surface area contributed by atoms with Gasteiger partial charge >= 0.3 is 0 Å². The van der Waals surface area contributed by atoms with E-state index in [9.17, 15) is 5.11 Å². The lowest BCUT2D eigenvalue weighted by Crippen LogP contribution is -2.59. The Morgan fingerprint density at radius 1 is 1.19 bits per heavy atom. The molecule has 16 heavy (non-hydrogen) atoms. The first-order chi connectivity index (χ1) is 7.64. The maximum Gasteiger partial charge on any atom is 0.0693 e. The normalized spacial score (nSPS) is 33.8. The van der Waals surface area contributed by atoms with Gasteiger partial charge in [0, 0.05) is 18.1 Å². The maximum atomic E-state index is 9.92. The van der Waals surface area contributed by atoms with Crippen molar-refractivity contribution in [1.29, 1.82) is 0 Å². The van der Waals surface area contributed by atoms with Gasteiger partial charge in [-0.25, -0.2) is 0 Å². The number of nitrogens with zero attached hydrogens (tertiary/aromatic N) is 1. The third-order valence-electron chi connectivity index (χ3n) is 4.66. The third kappa shape index (κ3) is 2.41. The van der Waals surface area contributed by atoms with Crippen LogP contribution in [0.1, 0.15) is 44.9 Å². The largest absolute Gasteiger partial charge is 0.392 e. The Kier molecular flexibility index (Phi) is 3.88. The van der Waals surface area contributed by atoms with E-state index < -0.39 is 0 Å². The minimum absolute atomic E-state index is 0.118. The average molecular weight is 226 g/mol. The van der Waals surface area contributed by atoms with E-state index in [-0.39, 0.29) is 6.10 Å². The quantitative estimate of drug-likeness (QED) is 0.760. The fourth-order valence-electron chi connectivity index (χ4n) is 3.04. The van der Waals surface area contributed by atoms with Crippen LogP contribution >= 0.6 is 0 Å². The SMILES string of the molecule is CN(C)C1(CNC2CCCCC2O)CCC1. The average Bonchev–Trinajstić information content (AvgIpc) is 2.18. The molecule has 0 aromatic carbocycles. The van der Waals surface area contributed by atoms with Crippen LogP contribution in [0.3, 0.4) is 0 Å². The summed E-state index contributed by atoms with van der Waals surface area (Å²) in [5, 5.41) is 13.5. The number of hydrogen-bond donors (Lipinski definition) is 2. The summed E-state index contributed by atoms with van der Waals surface area (Å²) in [6.07, 6.45) is 8.42. The van der Waals surface area contributed by atoms with Gasteiger partial charge in [-0.3, -0.25) is 0 Å². The molecule has 2 saturated carbocycles. The van der Waals surface area contributed by atoms with Crippen molar-refractivity contribution in [1.82, 2.24) is 10.2 Å². The second kappa shape index (κ2) is 5.03. The summed E-state index contributed by atoms with van der Waals surface area (Å²) in [5.74, 6) is 0. The smallest absolute Gasteiger partial charge is 0.0693 e. The van der Waals surface area contributed by atoms with Gasteiger partial charge in [-0.15, -0.1) is 0 Å². The molecule has 94 valence electrons. The number of nitrogens with one attached hydrogen (secondary N) is 1. The first-order valence-corrected chi connectivity index (χ1v) is 6.73. The molecule has 0 heterocycles. The Labute approximate surface area is 99.2 Å². The van der Waals surface area contributed by atoms with Crippen molar-refractivity contribution in [2.75, 3.05) is 20.6 Å². The van der Waals surface area contributed by atoms with Crippen molar-refractivity contribution in [3.63, 3.8) is 0 Å². The first kappa shape index (κ1) is 12.3. The monoisotopic (exact) mass is 226 g/mol. The second-order valence-electron chi connectivity index (χ2n) is 5.81. The molecule has 2 rings (SSSR count). The molecular weight excluding hydrogens is 200 g/mol. The van der Waals surface area contributed by atoms with E-state index >= 15 is 0 Å². The molecule has 3 heteroatoms. The summed E-state index contributed by atoms with van der Waals surface area (Å²) in [6, 6.07) is 0.339. The molecule has 0 saturated heterocycles. The van der Waals surface area contributed by atoms with Gasteiger partial charge in [0.15, 0.2) is 0 Å². The molecule has 2 aliphatic carbocycles. The van der Waals surface area contributed by atoms with Crippen LogP contribution in [0.4, 0.5) is 0 Å². The molecule has 2 atom stereocenters. The molecule has 0 aliphatic heterocycles. The van der Waals surface area contributed by atoms with Gasteiger partial charge in [0.25, 0.3) is 0 Å². The summed E-state index contributed by atoms with van der Waals surface area (Å²) in [4.78, 5) is 2.36. The molecule has 2 fully saturated rings. The van der Waals surface area contributed by atoms with Crippen molar-refractivity contribution in [3.8, 4) is 0 Å². The van der Waals surface area contributed by atoms with Gasteiger partial charge in [-0.1, -0.05) is 12.8 Å². The van der Waals surface area contributed by atoms with Gasteiger partial charge in [0.1, 0.15) is 0 Å². The molecular formula is C13H26N2O. The summed E-state index contributed by atoms with van der Waals surface area (Å²) in [5.41, 5.74) is 0.372. The highest BCUT2D eigenvalue weighted by Gasteiger charge is 2.39. The Hall–Kier alpha value is -0.120. The lowest BCUT2D eigenvalue weighted by atomic mass is 9.75. The standard InChI is InChI=1S/C13H26N2O/c1-15(2)13(8-5-9-13)10-14-11-6-3-4-7-12(11)16/h11-12,14,16H,3-10H2,1-2H3. The highest BCUT2D eigenvalue weighted by Crippen LogP contribution is 2.35. The highest BCUT2D eigenvalue weighted by atomic mass is 16.3. The van der Waals surface area contributed by atoms with E-state index in [4.69, 9.17) is 0 Å². The molecule has 2 unspecified atom stereocenters. The van der Waals surface area contributed by atoms with Crippen molar-refractivity contribution in [3.05, 3.63) is 0 Å². The number of likely N-dealkylation sites (N-methyl/N-ethyl adjacent to an activating group) is 1. The zero-order valence-electron chi connectivity index (χ0n) is 10.7. The molecule has 3 nitrogen and oxygen atoms in total. The number of aliphatic hydroxyl groups is 1. The van der Waals surface area contributed by atoms with Crippen LogP contribution in [-0.4, -0.2) is 48.3 Å². The molecule has 0 bridgehead atoms. The van der Waals surface area contributed by atoms with Gasteiger partial charge in [0.05, 0.1) is 6.10 Å². The zero-order valence-corrected chi connectivity index (χ0v) is 10.7. The van der Waals surface area contributed by atoms with Crippen molar-refractivity contribution in [2.24, 2.45) is 0 Å². The molecule has 2 aliphatic rings. The van der Waals surface area contributed by atoms with Crippen molar-refractivity contribution < 1.29 is 5.11 Å². The summed E-state index contributed by atoms with van der Waals surface area (Å²) in [6.45, 7) is 1.04. The van der Waals surface area contributed by atoms with Gasteiger partial charge in [0.2, 0.25) is 0 Å². The van der Waals surface area contributed by atoms with E-state index in [0.717, 1.165) is 19.4 Å². The number of hydrogen-bond acceptors (Lipinski definition) is 3. The molecule has 0 radical (unpaired) electrons. The topological polar surface area (TPSA) is 35.5 Å². The molecule has 2 N–H and O–H groups in total. The number of rotatable bonds is 4. The van der Waals surface area contributed by atoms with Crippen molar-refractivity contribution >= 4 is 0 Å². The molecule has 0 spiro atoms. The Morgan fingerprint density at radius 3 is 2.38 bits per heavy atom. The maximum absolute atomic E-state index is 9.92. The highest BCUT2D eigenvalue weighted by molar-refractivity contribution is 4.98. The Morgan fingerprint density at radius 2 is 1.88 bits per heavy atom. The van der Waals surface area contributed by atoms with Crippen LogP contribution in [0.2, 0.25) is 0 Å². The molecule has 0 aromatic rings. The second-order valence-corrected chi connectivity index (χ2v) is 5.81. The lowest BCUT2D eigenvalue weighted by molar-refractivity contribution is 0.0376. The van der Waals surface area contributed by atoms with Crippen LogP contribution in [-0.2, 0) is 0 Å². The van der Waals surface area contributed by atoms with E-state index in [2.05, 4.69) is 24.3 Å². The predicted molar refractivity (Wildman–Crippen MR) is 66.5 cm³/mol. The van der Waals surface area contributed by atoms with E-state index in [0.29, 0.717) is 11.6 Å². The van der Waals surface area contributed by atoms with Crippen molar-refractivity contribution in [2.45, 2.75) is 62.6 Å². The van der Waals surface area contributed by atoms with Crippen LogP contribution < -0.4 is 5.32 Å². The Balaban J connectivity index is 1.81. The third-order valence-corrected chi connectivity index (χ3v) is 4.66. The van der Waals surface area contributed by atoms with Gasteiger partial charge < -0.3 is 15.3 Å². The number of aliphatic hydroxyl groups excluding tert-OH is 1.